The number of nitrogens with two attached hydrogens (primary N) is 1. The minimum Gasteiger partial charge on any atom is -0.358 e. The highest BCUT2D eigenvalue weighted by Gasteiger charge is 2.32. The molecule has 1 fully saturated rings. The monoisotopic (exact) mass is 278 g/mol. The number of hydrogen-bond acceptors (Lipinski definition) is 7. The number of anilines is 2. The third-order valence-electron chi connectivity index (χ3n) is 3.40. The molecule has 1 aliphatic heterocycles. The molecule has 8 heteroatoms. The van der Waals surface area contributed by atoms with E-state index in [1.807, 2.05) is 6.92 Å². The molecule has 0 aliphatic carbocycles. The Balaban J connectivity index is 2.22. The Morgan fingerprint density at radius 1 is 1.40 bits per heavy atom. The van der Waals surface area contributed by atoms with Crippen LogP contribution in [0.25, 0.3) is 0 Å². The number of likely N-dealkylation sites (N-methyl/N-ethyl adjacent to an activating group) is 1. The molecule has 0 aromatic carbocycles. The highest BCUT2D eigenvalue weighted by Crippen LogP contribution is 2.22. The first kappa shape index (κ1) is 14.2. The van der Waals surface area contributed by atoms with Crippen LogP contribution in [0.1, 0.15) is 25.3 Å². The van der Waals surface area contributed by atoms with Gasteiger partial charge in [0, 0.05) is 19.0 Å². The van der Waals surface area contributed by atoms with Gasteiger partial charge in [-0.1, -0.05) is 6.92 Å². The van der Waals surface area contributed by atoms with Crippen molar-refractivity contribution in [1.29, 1.82) is 0 Å². The molecule has 0 saturated carbocycles. The van der Waals surface area contributed by atoms with Gasteiger partial charge in [0.15, 0.2) is 0 Å². The lowest BCUT2D eigenvalue weighted by Gasteiger charge is -2.29. The number of nitrogen functional groups attached to an aromatic ring is 1. The van der Waals surface area contributed by atoms with Crippen molar-refractivity contribution in [2.24, 2.45) is 5.84 Å². The van der Waals surface area contributed by atoms with Gasteiger partial charge >= 0.3 is 0 Å². The van der Waals surface area contributed by atoms with Gasteiger partial charge in [-0.25, -0.2) is 15.8 Å². The number of rotatable bonds is 4. The molecule has 1 aromatic rings. The fraction of sp³-hybridized carbons (Fsp3) is 0.500. The van der Waals surface area contributed by atoms with Crippen LogP contribution in [0.4, 0.5) is 11.6 Å². The number of hydrazine groups is 1. The fourth-order valence-electron chi connectivity index (χ4n) is 2.21. The molecule has 20 heavy (non-hydrogen) atoms. The molecule has 108 valence electrons. The third-order valence-corrected chi connectivity index (χ3v) is 3.40. The summed E-state index contributed by atoms with van der Waals surface area (Å²) in [5, 5.41) is 3.09. The van der Waals surface area contributed by atoms with Crippen LogP contribution >= 0.6 is 0 Å². The summed E-state index contributed by atoms with van der Waals surface area (Å²) >= 11 is 0. The topological polar surface area (TPSA) is 113 Å². The molecule has 1 atom stereocenters. The minimum atomic E-state index is -0.455. The summed E-state index contributed by atoms with van der Waals surface area (Å²) < 4.78 is 0. The van der Waals surface area contributed by atoms with E-state index in [9.17, 15) is 9.59 Å². The maximum atomic E-state index is 12.1. The van der Waals surface area contributed by atoms with Crippen LogP contribution in [-0.4, -0.2) is 39.8 Å². The lowest BCUT2D eigenvalue weighted by atomic mass is 10.0. The SMILES string of the molecule is CCc1c(NN)ncnc1NC1CCC(=O)N(C)C1=O. The van der Waals surface area contributed by atoms with Crippen LogP contribution in [0.3, 0.4) is 0 Å². The number of nitrogens with zero attached hydrogens (tertiary/aromatic N) is 3. The normalized spacial score (nSPS) is 19.1. The summed E-state index contributed by atoms with van der Waals surface area (Å²) in [6, 6.07) is -0.455. The molecular formula is C12H18N6O2. The zero-order valence-electron chi connectivity index (χ0n) is 11.5. The lowest BCUT2D eigenvalue weighted by molar-refractivity contribution is -0.146. The van der Waals surface area contributed by atoms with Gasteiger partial charge in [-0.2, -0.15) is 0 Å². The zero-order valence-corrected chi connectivity index (χ0v) is 11.5. The molecule has 8 nitrogen and oxygen atoms in total. The fourth-order valence-corrected chi connectivity index (χ4v) is 2.21. The van der Waals surface area contributed by atoms with E-state index in [1.165, 1.54) is 13.4 Å². The summed E-state index contributed by atoms with van der Waals surface area (Å²) in [6.07, 6.45) is 2.84. The molecule has 0 radical (unpaired) electrons. The van der Waals surface area contributed by atoms with Crippen LogP contribution in [0.5, 0.6) is 0 Å². The van der Waals surface area contributed by atoms with Crippen molar-refractivity contribution < 1.29 is 9.59 Å². The van der Waals surface area contributed by atoms with Crippen LogP contribution in [0, 0.1) is 0 Å². The largest absolute Gasteiger partial charge is 0.358 e. The average Bonchev–Trinajstić information content (AvgIpc) is 2.47. The van der Waals surface area contributed by atoms with E-state index in [-0.39, 0.29) is 11.8 Å². The van der Waals surface area contributed by atoms with Gasteiger partial charge < -0.3 is 10.7 Å². The van der Waals surface area contributed by atoms with E-state index < -0.39 is 6.04 Å². The standard InChI is InChI=1S/C12H18N6O2/c1-3-7-10(14-6-15-11(7)17-13)16-8-4-5-9(19)18(2)12(8)20/h6,8H,3-5,13H2,1-2H3,(H2,14,15,16,17). The molecule has 1 saturated heterocycles. The van der Waals surface area contributed by atoms with Gasteiger partial charge in [0.25, 0.3) is 5.91 Å². The van der Waals surface area contributed by atoms with Crippen LogP contribution in [0.2, 0.25) is 0 Å². The number of carbonyl (C=O) groups excluding carboxylic acids is 2. The zero-order chi connectivity index (χ0) is 14.7. The predicted molar refractivity (Wildman–Crippen MR) is 73.6 cm³/mol. The van der Waals surface area contributed by atoms with Crippen LogP contribution in [-0.2, 0) is 16.0 Å². The number of imide groups is 1. The minimum absolute atomic E-state index is 0.157. The Morgan fingerprint density at radius 2 is 2.10 bits per heavy atom. The Kier molecular flexibility index (Phi) is 4.14. The molecule has 0 bridgehead atoms. The van der Waals surface area contributed by atoms with Crippen LogP contribution in [0.15, 0.2) is 6.33 Å². The van der Waals surface area contributed by atoms with E-state index in [2.05, 4.69) is 20.7 Å². The number of likely N-dealkylation sites (tertiary alicyclic amines) is 1. The summed E-state index contributed by atoms with van der Waals surface area (Å²) in [4.78, 5) is 32.8. The maximum Gasteiger partial charge on any atom is 0.251 e. The molecule has 0 spiro atoms. The quantitative estimate of drug-likeness (QED) is 0.400. The molecular weight excluding hydrogens is 260 g/mol. The van der Waals surface area contributed by atoms with E-state index in [4.69, 9.17) is 5.84 Å². The second-order valence-corrected chi connectivity index (χ2v) is 4.57. The summed E-state index contributed by atoms with van der Waals surface area (Å²) in [6.45, 7) is 1.95. The van der Waals surface area contributed by atoms with Gasteiger partial charge in [0.2, 0.25) is 5.91 Å². The van der Waals surface area contributed by atoms with Gasteiger partial charge in [-0.05, 0) is 12.8 Å². The Bertz CT molecular complexity index is 533. The second kappa shape index (κ2) is 5.83. The molecule has 2 heterocycles. The molecule has 2 rings (SSSR count). The molecule has 1 unspecified atom stereocenters. The molecule has 1 aromatic heterocycles. The summed E-state index contributed by atoms with van der Waals surface area (Å²) in [5.74, 6) is 6.10. The number of carbonyl (C=O) groups is 2. The van der Waals surface area contributed by atoms with Crippen molar-refractivity contribution in [2.75, 3.05) is 17.8 Å². The van der Waals surface area contributed by atoms with Crippen LogP contribution < -0.4 is 16.6 Å². The van der Waals surface area contributed by atoms with E-state index in [1.54, 1.807) is 0 Å². The van der Waals surface area contributed by atoms with Gasteiger partial charge in [0.05, 0.1) is 0 Å². The summed E-state index contributed by atoms with van der Waals surface area (Å²) in [5.41, 5.74) is 3.32. The Hall–Kier alpha value is -2.22. The highest BCUT2D eigenvalue weighted by atomic mass is 16.2. The smallest absolute Gasteiger partial charge is 0.251 e. The average molecular weight is 278 g/mol. The first-order chi connectivity index (χ1) is 9.58. The first-order valence-electron chi connectivity index (χ1n) is 6.45. The predicted octanol–water partition coefficient (Wildman–Crippen LogP) is -0.116. The number of piperidine rings is 1. The van der Waals surface area contributed by atoms with Gasteiger partial charge in [-0.3, -0.25) is 14.5 Å². The number of hydrogen-bond donors (Lipinski definition) is 3. The van der Waals surface area contributed by atoms with Crippen molar-refractivity contribution in [3.8, 4) is 0 Å². The second-order valence-electron chi connectivity index (χ2n) is 4.57. The maximum absolute atomic E-state index is 12.1. The molecule has 2 amide bonds. The number of amides is 2. The van der Waals surface area contributed by atoms with Crippen molar-refractivity contribution in [3.05, 3.63) is 11.9 Å². The van der Waals surface area contributed by atoms with Gasteiger partial charge in [0.1, 0.15) is 24.0 Å². The first-order valence-corrected chi connectivity index (χ1v) is 6.45. The Morgan fingerprint density at radius 3 is 2.75 bits per heavy atom. The highest BCUT2D eigenvalue weighted by molar-refractivity contribution is 6.01. The molecule has 4 N–H and O–H groups in total. The van der Waals surface area contributed by atoms with E-state index in [0.717, 1.165) is 10.5 Å². The van der Waals surface area contributed by atoms with Gasteiger partial charge in [-0.15, -0.1) is 0 Å². The number of nitrogens with one attached hydrogen (secondary N) is 2. The Labute approximate surface area is 116 Å². The lowest BCUT2D eigenvalue weighted by Crippen LogP contribution is -2.48. The van der Waals surface area contributed by atoms with Crippen molar-refractivity contribution >= 4 is 23.5 Å². The third kappa shape index (κ3) is 2.55. The number of aromatic nitrogens is 2. The van der Waals surface area contributed by atoms with Crippen molar-refractivity contribution in [2.45, 2.75) is 32.2 Å². The van der Waals surface area contributed by atoms with Crippen molar-refractivity contribution in [1.82, 2.24) is 14.9 Å². The van der Waals surface area contributed by atoms with E-state index in [0.29, 0.717) is 30.9 Å². The van der Waals surface area contributed by atoms with Crippen molar-refractivity contribution in [3.63, 3.8) is 0 Å². The van der Waals surface area contributed by atoms with E-state index >= 15 is 0 Å². The molecule has 1 aliphatic rings. The summed E-state index contributed by atoms with van der Waals surface area (Å²) in [7, 11) is 1.49.